The standard InChI is InChI=1S/C14H21NO3S/c1-10(2)15-14(3,13(16)17)9-19-12-7-5-6-11(8-12)18-4/h5-8,10,15H,9H2,1-4H3,(H,16,17). The molecule has 19 heavy (non-hydrogen) atoms. The summed E-state index contributed by atoms with van der Waals surface area (Å²) in [5, 5.41) is 12.5. The molecule has 106 valence electrons. The highest BCUT2D eigenvalue weighted by Gasteiger charge is 2.33. The minimum atomic E-state index is -0.943. The zero-order valence-corrected chi connectivity index (χ0v) is 12.6. The average molecular weight is 283 g/mol. The molecule has 1 atom stereocenters. The molecule has 0 aromatic heterocycles. The Bertz CT molecular complexity index is 436. The number of carboxylic acid groups (broad SMARTS) is 1. The second-order valence-electron chi connectivity index (χ2n) is 4.90. The molecule has 0 bridgehead atoms. The van der Waals surface area contributed by atoms with Crippen molar-refractivity contribution >= 4 is 17.7 Å². The zero-order valence-electron chi connectivity index (χ0n) is 11.8. The van der Waals surface area contributed by atoms with Crippen molar-refractivity contribution in [1.82, 2.24) is 5.32 Å². The van der Waals surface area contributed by atoms with E-state index in [-0.39, 0.29) is 6.04 Å². The Balaban J connectivity index is 2.73. The summed E-state index contributed by atoms with van der Waals surface area (Å²) in [6.07, 6.45) is 0. The molecule has 0 aliphatic heterocycles. The van der Waals surface area contributed by atoms with Gasteiger partial charge in [0.25, 0.3) is 0 Å². The summed E-state index contributed by atoms with van der Waals surface area (Å²) in [5.41, 5.74) is -0.943. The maximum atomic E-state index is 11.4. The molecule has 5 heteroatoms. The van der Waals surface area contributed by atoms with Gasteiger partial charge in [-0.05, 0) is 39.0 Å². The van der Waals surface area contributed by atoms with E-state index in [1.165, 1.54) is 11.8 Å². The molecule has 0 aliphatic carbocycles. The molecule has 0 saturated carbocycles. The molecule has 0 radical (unpaired) electrons. The monoisotopic (exact) mass is 283 g/mol. The van der Waals surface area contributed by atoms with Crippen molar-refractivity contribution in [3.63, 3.8) is 0 Å². The van der Waals surface area contributed by atoms with Crippen LogP contribution in [-0.2, 0) is 4.79 Å². The van der Waals surface area contributed by atoms with Crippen LogP contribution in [0.15, 0.2) is 29.2 Å². The van der Waals surface area contributed by atoms with Gasteiger partial charge in [0.1, 0.15) is 11.3 Å². The van der Waals surface area contributed by atoms with Crippen molar-refractivity contribution < 1.29 is 14.6 Å². The van der Waals surface area contributed by atoms with Crippen molar-refractivity contribution in [2.45, 2.75) is 37.2 Å². The molecule has 4 nitrogen and oxygen atoms in total. The van der Waals surface area contributed by atoms with Crippen LogP contribution in [0.4, 0.5) is 0 Å². The van der Waals surface area contributed by atoms with Crippen LogP contribution in [0.25, 0.3) is 0 Å². The first-order valence-electron chi connectivity index (χ1n) is 6.15. The number of hydrogen-bond donors (Lipinski definition) is 2. The molecule has 1 aromatic carbocycles. The summed E-state index contributed by atoms with van der Waals surface area (Å²) < 4.78 is 5.15. The number of ether oxygens (including phenoxy) is 1. The van der Waals surface area contributed by atoms with Gasteiger partial charge < -0.3 is 9.84 Å². The Morgan fingerprint density at radius 3 is 2.74 bits per heavy atom. The van der Waals surface area contributed by atoms with Crippen molar-refractivity contribution in [3.8, 4) is 5.75 Å². The maximum absolute atomic E-state index is 11.4. The number of benzene rings is 1. The van der Waals surface area contributed by atoms with Gasteiger partial charge in [-0.25, -0.2) is 0 Å². The summed E-state index contributed by atoms with van der Waals surface area (Å²) in [6.45, 7) is 5.59. The lowest BCUT2D eigenvalue weighted by atomic mass is 10.1. The van der Waals surface area contributed by atoms with Gasteiger partial charge >= 0.3 is 5.97 Å². The van der Waals surface area contributed by atoms with Crippen molar-refractivity contribution in [2.75, 3.05) is 12.9 Å². The molecular formula is C14H21NO3S. The molecule has 1 aromatic rings. The lowest BCUT2D eigenvalue weighted by molar-refractivity contribution is -0.143. The van der Waals surface area contributed by atoms with Gasteiger partial charge in [0.05, 0.1) is 7.11 Å². The third-order valence-corrected chi connectivity index (χ3v) is 3.96. The van der Waals surface area contributed by atoms with Crippen LogP contribution in [0, 0.1) is 0 Å². The van der Waals surface area contributed by atoms with Gasteiger partial charge in [0.2, 0.25) is 0 Å². The first-order chi connectivity index (χ1) is 8.87. The average Bonchev–Trinajstić information content (AvgIpc) is 2.35. The molecule has 2 N–H and O–H groups in total. The van der Waals surface area contributed by atoms with E-state index in [9.17, 15) is 9.90 Å². The molecular weight excluding hydrogens is 262 g/mol. The lowest BCUT2D eigenvalue weighted by Crippen LogP contribution is -2.54. The number of hydrogen-bond acceptors (Lipinski definition) is 4. The fourth-order valence-electron chi connectivity index (χ4n) is 1.72. The predicted octanol–water partition coefficient (Wildman–Crippen LogP) is 2.63. The van der Waals surface area contributed by atoms with Crippen LogP contribution in [0.2, 0.25) is 0 Å². The van der Waals surface area contributed by atoms with Crippen LogP contribution in [0.5, 0.6) is 5.75 Å². The molecule has 0 amide bonds. The highest BCUT2D eigenvalue weighted by atomic mass is 32.2. The second-order valence-corrected chi connectivity index (χ2v) is 5.95. The van der Waals surface area contributed by atoms with E-state index in [0.29, 0.717) is 5.75 Å². The minimum Gasteiger partial charge on any atom is -0.497 e. The second kappa shape index (κ2) is 6.82. The van der Waals surface area contributed by atoms with Gasteiger partial charge in [-0.15, -0.1) is 11.8 Å². The Kier molecular flexibility index (Phi) is 5.69. The number of carboxylic acids is 1. The van der Waals surface area contributed by atoms with E-state index in [1.807, 2.05) is 38.1 Å². The Morgan fingerprint density at radius 2 is 2.21 bits per heavy atom. The largest absolute Gasteiger partial charge is 0.497 e. The van der Waals surface area contributed by atoms with Gasteiger partial charge in [-0.3, -0.25) is 10.1 Å². The number of nitrogens with one attached hydrogen (secondary N) is 1. The van der Waals surface area contributed by atoms with Gasteiger partial charge in [-0.2, -0.15) is 0 Å². The Hall–Kier alpha value is -1.20. The highest BCUT2D eigenvalue weighted by molar-refractivity contribution is 7.99. The van der Waals surface area contributed by atoms with Crippen LogP contribution >= 0.6 is 11.8 Å². The summed E-state index contributed by atoms with van der Waals surface area (Å²) in [4.78, 5) is 12.4. The smallest absolute Gasteiger partial charge is 0.324 e. The first-order valence-corrected chi connectivity index (χ1v) is 7.14. The minimum absolute atomic E-state index is 0.118. The Labute approximate surface area is 118 Å². The normalized spacial score (nSPS) is 14.2. The number of aliphatic carboxylic acids is 1. The summed E-state index contributed by atoms with van der Waals surface area (Å²) >= 11 is 1.50. The van der Waals surface area contributed by atoms with Crippen LogP contribution in [0.3, 0.4) is 0 Å². The third kappa shape index (κ3) is 4.76. The van der Waals surface area contributed by atoms with E-state index in [0.717, 1.165) is 10.6 Å². The summed E-state index contributed by atoms with van der Waals surface area (Å²) in [6, 6.07) is 7.74. The third-order valence-electron chi connectivity index (χ3n) is 2.65. The Morgan fingerprint density at radius 1 is 1.53 bits per heavy atom. The van der Waals surface area contributed by atoms with Crippen molar-refractivity contribution in [3.05, 3.63) is 24.3 Å². The van der Waals surface area contributed by atoms with E-state index in [2.05, 4.69) is 5.32 Å². The van der Waals surface area contributed by atoms with E-state index in [1.54, 1.807) is 14.0 Å². The molecule has 0 saturated heterocycles. The number of methoxy groups -OCH3 is 1. The van der Waals surface area contributed by atoms with Gasteiger partial charge in [0.15, 0.2) is 0 Å². The fourth-order valence-corrected chi connectivity index (χ4v) is 2.76. The highest BCUT2D eigenvalue weighted by Crippen LogP contribution is 2.26. The number of rotatable bonds is 7. The SMILES string of the molecule is COc1cccc(SCC(C)(NC(C)C)C(=O)O)c1. The summed E-state index contributed by atoms with van der Waals surface area (Å²) in [7, 11) is 1.62. The maximum Gasteiger partial charge on any atom is 0.324 e. The first kappa shape index (κ1) is 15.9. The number of carbonyl (C=O) groups is 1. The van der Waals surface area contributed by atoms with Crippen molar-refractivity contribution in [1.29, 1.82) is 0 Å². The summed E-state index contributed by atoms with van der Waals surface area (Å²) in [5.74, 6) is 0.392. The molecule has 1 unspecified atom stereocenters. The molecule has 0 spiro atoms. The quantitative estimate of drug-likeness (QED) is 0.753. The van der Waals surface area contributed by atoms with E-state index >= 15 is 0 Å². The molecule has 0 fully saturated rings. The van der Waals surface area contributed by atoms with Crippen molar-refractivity contribution in [2.24, 2.45) is 0 Å². The lowest BCUT2D eigenvalue weighted by Gasteiger charge is -2.28. The van der Waals surface area contributed by atoms with E-state index in [4.69, 9.17) is 4.74 Å². The predicted molar refractivity (Wildman–Crippen MR) is 78.0 cm³/mol. The molecule has 0 heterocycles. The van der Waals surface area contributed by atoms with E-state index < -0.39 is 11.5 Å². The zero-order chi connectivity index (χ0) is 14.5. The fraction of sp³-hybridized carbons (Fsp3) is 0.500. The van der Waals surface area contributed by atoms with Gasteiger partial charge in [-0.1, -0.05) is 6.07 Å². The topological polar surface area (TPSA) is 58.6 Å². The van der Waals surface area contributed by atoms with Crippen LogP contribution in [0.1, 0.15) is 20.8 Å². The molecule has 0 aliphatic rings. The number of thioether (sulfide) groups is 1. The molecule has 1 rings (SSSR count). The van der Waals surface area contributed by atoms with Gasteiger partial charge in [0, 0.05) is 16.7 Å². The van der Waals surface area contributed by atoms with Crippen LogP contribution < -0.4 is 10.1 Å². The van der Waals surface area contributed by atoms with Crippen LogP contribution in [-0.4, -0.2) is 35.5 Å².